The minimum Gasteiger partial charge on any atom is -0.422 e. The topological polar surface area (TPSA) is 69.4 Å². The number of nitrogens with zero attached hydrogens (tertiary/aromatic N) is 1. The number of hydrogen-bond acceptors (Lipinski definition) is 4. The van der Waals surface area contributed by atoms with Crippen molar-refractivity contribution in [2.24, 2.45) is 0 Å². The van der Waals surface area contributed by atoms with E-state index < -0.39 is 10.9 Å². The lowest BCUT2D eigenvalue weighted by atomic mass is 10.0. The van der Waals surface area contributed by atoms with Crippen molar-refractivity contribution < 1.29 is 14.5 Å². The number of nitro groups is 1. The molecule has 0 spiro atoms. The van der Waals surface area contributed by atoms with Crippen molar-refractivity contribution >= 4 is 23.5 Å². The lowest BCUT2D eigenvalue weighted by molar-refractivity contribution is -0.384. The molecule has 0 aromatic heterocycles. The molecular weight excluding hydrogens is 318 g/mol. The molecule has 2 aromatic rings. The standard InChI is InChI=1S/C20H17NO4/c1-12-4-5-14(3)18(8-12)19-11-16(20(22)25-19)9-15-10-17(21(23)24)7-6-13(15)2/h4-11H,1-3H3/b16-9+. The van der Waals surface area contributed by atoms with Crippen LogP contribution in [0.1, 0.15) is 27.8 Å². The first-order chi connectivity index (χ1) is 11.8. The SMILES string of the molecule is Cc1ccc(C)c(C2=C/C(=C\c3cc([N+](=O)[O-])ccc3C)C(=O)O2)c1. The molecule has 0 unspecified atom stereocenters. The molecule has 1 heterocycles. The average Bonchev–Trinajstić information content (AvgIpc) is 2.92. The summed E-state index contributed by atoms with van der Waals surface area (Å²) in [6.07, 6.45) is 3.31. The zero-order valence-corrected chi connectivity index (χ0v) is 14.2. The molecule has 5 heteroatoms. The van der Waals surface area contributed by atoms with Crippen LogP contribution in [-0.4, -0.2) is 10.9 Å². The molecule has 0 aliphatic carbocycles. The van der Waals surface area contributed by atoms with E-state index in [0.717, 1.165) is 22.3 Å². The van der Waals surface area contributed by atoms with Gasteiger partial charge in [-0.2, -0.15) is 0 Å². The molecule has 5 nitrogen and oxygen atoms in total. The number of ether oxygens (including phenoxy) is 1. The molecule has 0 atom stereocenters. The van der Waals surface area contributed by atoms with E-state index in [1.165, 1.54) is 12.1 Å². The second kappa shape index (κ2) is 6.36. The first-order valence-electron chi connectivity index (χ1n) is 7.83. The molecule has 25 heavy (non-hydrogen) atoms. The normalized spacial score (nSPS) is 15.2. The molecule has 0 fully saturated rings. The molecule has 0 saturated carbocycles. The van der Waals surface area contributed by atoms with Crippen molar-refractivity contribution in [1.82, 2.24) is 0 Å². The number of non-ortho nitro benzene ring substituents is 1. The average molecular weight is 335 g/mol. The zero-order chi connectivity index (χ0) is 18.1. The van der Waals surface area contributed by atoms with Crippen LogP contribution >= 0.6 is 0 Å². The Labute approximate surface area is 145 Å². The van der Waals surface area contributed by atoms with Crippen molar-refractivity contribution in [1.29, 1.82) is 0 Å². The third-order valence-electron chi connectivity index (χ3n) is 4.17. The Morgan fingerprint density at radius 1 is 1.04 bits per heavy atom. The molecule has 3 rings (SSSR count). The molecule has 0 radical (unpaired) electrons. The number of nitro benzene ring substituents is 1. The number of cyclic esters (lactones) is 1. The first kappa shape index (κ1) is 16.6. The number of benzene rings is 2. The van der Waals surface area contributed by atoms with E-state index in [9.17, 15) is 14.9 Å². The molecule has 1 aliphatic rings. The van der Waals surface area contributed by atoms with Gasteiger partial charge in [-0.3, -0.25) is 10.1 Å². The Morgan fingerprint density at radius 3 is 2.48 bits per heavy atom. The van der Waals surface area contributed by atoms with Crippen molar-refractivity contribution in [2.75, 3.05) is 0 Å². The third kappa shape index (κ3) is 3.35. The molecule has 0 saturated heterocycles. The number of carbonyl (C=O) groups excluding carboxylic acids is 1. The molecule has 0 bridgehead atoms. The van der Waals surface area contributed by atoms with Crippen LogP contribution in [0.4, 0.5) is 5.69 Å². The monoisotopic (exact) mass is 335 g/mol. The Hall–Kier alpha value is -3.21. The van der Waals surface area contributed by atoms with Crippen molar-refractivity contribution in [3.05, 3.63) is 86.0 Å². The summed E-state index contributed by atoms with van der Waals surface area (Å²) >= 11 is 0. The third-order valence-corrected chi connectivity index (χ3v) is 4.17. The highest BCUT2D eigenvalue weighted by atomic mass is 16.6. The van der Waals surface area contributed by atoms with Gasteiger partial charge in [0.1, 0.15) is 5.76 Å². The van der Waals surface area contributed by atoms with Crippen LogP contribution < -0.4 is 0 Å². The summed E-state index contributed by atoms with van der Waals surface area (Å²) in [6.45, 7) is 5.77. The first-order valence-corrected chi connectivity index (χ1v) is 7.83. The maximum absolute atomic E-state index is 12.2. The van der Waals surface area contributed by atoms with E-state index in [1.54, 1.807) is 18.2 Å². The lowest BCUT2D eigenvalue weighted by Crippen LogP contribution is -1.98. The predicted molar refractivity (Wildman–Crippen MR) is 95.8 cm³/mol. The molecule has 2 aromatic carbocycles. The van der Waals surface area contributed by atoms with Crippen LogP contribution in [0.15, 0.2) is 48.0 Å². The second-order valence-corrected chi connectivity index (χ2v) is 6.11. The van der Waals surface area contributed by atoms with Gasteiger partial charge in [0, 0.05) is 17.7 Å². The maximum atomic E-state index is 12.2. The Morgan fingerprint density at radius 2 is 1.76 bits per heavy atom. The summed E-state index contributed by atoms with van der Waals surface area (Å²) in [5.74, 6) is 0.0438. The molecule has 126 valence electrons. The van der Waals surface area contributed by atoms with Crippen LogP contribution in [-0.2, 0) is 9.53 Å². The smallest absolute Gasteiger partial charge is 0.343 e. The number of carbonyl (C=O) groups is 1. The van der Waals surface area contributed by atoms with E-state index in [0.29, 0.717) is 16.9 Å². The van der Waals surface area contributed by atoms with Gasteiger partial charge in [-0.25, -0.2) is 4.79 Å². The van der Waals surface area contributed by atoms with Crippen LogP contribution in [0.5, 0.6) is 0 Å². The highest BCUT2D eigenvalue weighted by Gasteiger charge is 2.23. The van der Waals surface area contributed by atoms with Gasteiger partial charge in [0.05, 0.1) is 10.5 Å². The minimum absolute atomic E-state index is 0.0115. The fourth-order valence-corrected chi connectivity index (χ4v) is 2.69. The number of rotatable bonds is 3. The molecular formula is C20H17NO4. The predicted octanol–water partition coefficient (Wildman–Crippen LogP) is 4.50. The molecule has 1 aliphatic heterocycles. The van der Waals surface area contributed by atoms with E-state index in [1.807, 2.05) is 39.0 Å². The number of aryl methyl sites for hydroxylation is 3. The van der Waals surface area contributed by atoms with E-state index in [-0.39, 0.29) is 5.69 Å². The summed E-state index contributed by atoms with van der Waals surface area (Å²) in [6, 6.07) is 10.5. The van der Waals surface area contributed by atoms with Crippen LogP contribution in [0.25, 0.3) is 11.8 Å². The van der Waals surface area contributed by atoms with E-state index in [4.69, 9.17) is 4.74 Å². The van der Waals surface area contributed by atoms with Crippen LogP contribution in [0, 0.1) is 30.9 Å². The second-order valence-electron chi connectivity index (χ2n) is 6.11. The van der Waals surface area contributed by atoms with E-state index in [2.05, 4.69) is 0 Å². The van der Waals surface area contributed by atoms with Gasteiger partial charge in [-0.1, -0.05) is 23.8 Å². The van der Waals surface area contributed by atoms with Crippen molar-refractivity contribution in [3.8, 4) is 0 Å². The number of hydrogen-bond donors (Lipinski definition) is 0. The van der Waals surface area contributed by atoms with Gasteiger partial charge in [-0.05, 0) is 55.7 Å². The summed E-state index contributed by atoms with van der Waals surface area (Å²) in [4.78, 5) is 22.7. The summed E-state index contributed by atoms with van der Waals surface area (Å²) in [7, 11) is 0. The van der Waals surface area contributed by atoms with Gasteiger partial charge in [0.2, 0.25) is 0 Å². The van der Waals surface area contributed by atoms with Crippen LogP contribution in [0.3, 0.4) is 0 Å². The van der Waals surface area contributed by atoms with Crippen molar-refractivity contribution in [3.63, 3.8) is 0 Å². The Bertz CT molecular complexity index is 954. The quantitative estimate of drug-likeness (QED) is 0.358. The minimum atomic E-state index is -0.457. The molecule has 0 N–H and O–H groups in total. The lowest BCUT2D eigenvalue weighted by Gasteiger charge is -2.06. The highest BCUT2D eigenvalue weighted by Crippen LogP contribution is 2.30. The van der Waals surface area contributed by atoms with E-state index >= 15 is 0 Å². The zero-order valence-electron chi connectivity index (χ0n) is 14.2. The van der Waals surface area contributed by atoms with Gasteiger partial charge >= 0.3 is 5.97 Å². The summed E-state index contributed by atoms with van der Waals surface area (Å²) in [5, 5.41) is 11.0. The fourth-order valence-electron chi connectivity index (χ4n) is 2.69. The largest absolute Gasteiger partial charge is 0.422 e. The summed E-state index contributed by atoms with van der Waals surface area (Å²) < 4.78 is 5.41. The fraction of sp³-hybridized carbons (Fsp3) is 0.150. The van der Waals surface area contributed by atoms with Gasteiger partial charge in [0.25, 0.3) is 5.69 Å². The Kier molecular flexibility index (Phi) is 4.23. The molecule has 0 amide bonds. The van der Waals surface area contributed by atoms with Gasteiger partial charge < -0.3 is 4.74 Å². The van der Waals surface area contributed by atoms with Crippen LogP contribution in [0.2, 0.25) is 0 Å². The number of esters is 1. The van der Waals surface area contributed by atoms with Gasteiger partial charge in [0.15, 0.2) is 0 Å². The van der Waals surface area contributed by atoms with Crippen molar-refractivity contribution in [2.45, 2.75) is 20.8 Å². The highest BCUT2D eigenvalue weighted by molar-refractivity contribution is 6.05. The summed E-state index contributed by atoms with van der Waals surface area (Å²) in [5.41, 5.74) is 4.79. The maximum Gasteiger partial charge on any atom is 0.343 e. The Balaban J connectivity index is 2.03. The van der Waals surface area contributed by atoms with Gasteiger partial charge in [-0.15, -0.1) is 0 Å².